The average molecular weight is 240 g/mol. The van der Waals surface area contributed by atoms with Gasteiger partial charge in [-0.05, 0) is 30.7 Å². The van der Waals surface area contributed by atoms with Crippen molar-refractivity contribution in [3.8, 4) is 0 Å². The highest BCUT2D eigenvalue weighted by Crippen LogP contribution is 2.12. The molecule has 0 fully saturated rings. The predicted molar refractivity (Wildman–Crippen MR) is 66.2 cm³/mol. The molecule has 86 valence electrons. The van der Waals surface area contributed by atoms with E-state index in [0.717, 1.165) is 6.42 Å². The van der Waals surface area contributed by atoms with Crippen LogP contribution in [-0.2, 0) is 0 Å². The monoisotopic (exact) mass is 239 g/mol. The first-order chi connectivity index (χ1) is 7.61. The third-order valence-electron chi connectivity index (χ3n) is 1.87. The summed E-state index contributed by atoms with van der Waals surface area (Å²) in [5.41, 5.74) is 0.645. The van der Waals surface area contributed by atoms with Gasteiger partial charge in [0.2, 0.25) is 0 Å². The quantitative estimate of drug-likeness (QED) is 0.550. The summed E-state index contributed by atoms with van der Waals surface area (Å²) in [6.07, 6.45) is 1.40. The van der Waals surface area contributed by atoms with Gasteiger partial charge in [-0.15, -0.1) is 0 Å². The molecule has 0 saturated carbocycles. The van der Waals surface area contributed by atoms with E-state index in [0.29, 0.717) is 17.1 Å². The molecule has 5 heteroatoms. The zero-order valence-corrected chi connectivity index (χ0v) is 9.77. The largest absolute Gasteiger partial charge is 0.324 e. The minimum atomic E-state index is -0.402. The van der Waals surface area contributed by atoms with Gasteiger partial charge in [0.05, 0.1) is 0 Å². The van der Waals surface area contributed by atoms with Crippen LogP contribution in [0.3, 0.4) is 0 Å². The smallest absolute Gasteiger partial charge is 0.308 e. The number of anilines is 1. The number of halogens is 1. The number of carbonyl (C=O) groups excluding carboxylic acids is 1. The maximum Gasteiger partial charge on any atom is 0.324 e. The number of urea groups is 1. The van der Waals surface area contributed by atoms with Crippen molar-refractivity contribution in [1.29, 1.82) is 5.41 Å². The number of benzene rings is 1. The highest BCUT2D eigenvalue weighted by Gasteiger charge is 2.03. The van der Waals surface area contributed by atoms with Gasteiger partial charge in [0.1, 0.15) is 5.84 Å². The molecule has 3 N–H and O–H groups in total. The van der Waals surface area contributed by atoms with Gasteiger partial charge in [-0.1, -0.05) is 18.5 Å². The number of amides is 2. The summed E-state index contributed by atoms with van der Waals surface area (Å²) in [5.74, 6) is 0.217. The Hall–Kier alpha value is -1.55. The molecule has 0 heterocycles. The van der Waals surface area contributed by atoms with E-state index in [1.54, 1.807) is 24.3 Å². The molecule has 1 rings (SSSR count). The zero-order chi connectivity index (χ0) is 12.0. The lowest BCUT2D eigenvalue weighted by Gasteiger charge is -2.07. The third kappa shape index (κ3) is 4.31. The van der Waals surface area contributed by atoms with Crippen LogP contribution in [0.2, 0.25) is 5.02 Å². The van der Waals surface area contributed by atoms with Crippen LogP contribution in [0.4, 0.5) is 10.5 Å². The summed E-state index contributed by atoms with van der Waals surface area (Å²) < 4.78 is 0. The van der Waals surface area contributed by atoms with E-state index in [-0.39, 0.29) is 5.84 Å². The van der Waals surface area contributed by atoms with E-state index in [9.17, 15) is 4.79 Å². The normalized spacial score (nSPS) is 9.62. The minimum Gasteiger partial charge on any atom is -0.308 e. The van der Waals surface area contributed by atoms with E-state index in [1.807, 2.05) is 6.92 Å². The lowest BCUT2D eigenvalue weighted by atomic mass is 10.3. The number of carbonyl (C=O) groups is 1. The molecule has 0 spiro atoms. The molecule has 1 aromatic carbocycles. The summed E-state index contributed by atoms with van der Waals surface area (Å²) in [4.78, 5) is 11.4. The zero-order valence-electron chi connectivity index (χ0n) is 9.01. The van der Waals surface area contributed by atoms with Gasteiger partial charge in [-0.2, -0.15) is 0 Å². The number of rotatable bonds is 3. The second-order valence-electron chi connectivity index (χ2n) is 3.31. The second kappa shape index (κ2) is 6.12. The van der Waals surface area contributed by atoms with E-state index >= 15 is 0 Å². The molecule has 16 heavy (non-hydrogen) atoms. The van der Waals surface area contributed by atoms with Crippen LogP contribution in [-0.4, -0.2) is 11.9 Å². The van der Waals surface area contributed by atoms with Crippen molar-refractivity contribution in [3.05, 3.63) is 29.3 Å². The number of amidine groups is 1. The molecule has 0 radical (unpaired) electrons. The fourth-order valence-corrected chi connectivity index (χ4v) is 1.27. The molecule has 0 bridgehead atoms. The Morgan fingerprint density at radius 3 is 2.56 bits per heavy atom. The van der Waals surface area contributed by atoms with Crippen molar-refractivity contribution in [2.45, 2.75) is 19.8 Å². The van der Waals surface area contributed by atoms with E-state index in [4.69, 9.17) is 17.0 Å². The molecule has 0 aliphatic rings. The lowest BCUT2D eigenvalue weighted by Crippen LogP contribution is -2.33. The first-order valence-corrected chi connectivity index (χ1v) is 5.40. The van der Waals surface area contributed by atoms with E-state index in [2.05, 4.69) is 10.6 Å². The van der Waals surface area contributed by atoms with Crippen LogP contribution in [0.5, 0.6) is 0 Å². The topological polar surface area (TPSA) is 65.0 Å². The van der Waals surface area contributed by atoms with Gasteiger partial charge in [-0.25, -0.2) is 4.79 Å². The molecular weight excluding hydrogens is 226 g/mol. The minimum absolute atomic E-state index is 0.217. The van der Waals surface area contributed by atoms with Gasteiger partial charge < -0.3 is 5.32 Å². The Balaban J connectivity index is 2.45. The molecule has 0 aliphatic heterocycles. The van der Waals surface area contributed by atoms with Gasteiger partial charge in [0.25, 0.3) is 0 Å². The van der Waals surface area contributed by atoms with Crippen LogP contribution in [0.1, 0.15) is 19.8 Å². The third-order valence-corrected chi connectivity index (χ3v) is 2.12. The highest BCUT2D eigenvalue weighted by molar-refractivity contribution is 6.30. The van der Waals surface area contributed by atoms with Crippen molar-refractivity contribution < 1.29 is 4.79 Å². The summed E-state index contributed by atoms with van der Waals surface area (Å²) >= 11 is 5.71. The van der Waals surface area contributed by atoms with E-state index in [1.165, 1.54) is 0 Å². The SMILES string of the molecule is CCCC(=N)NC(=O)Nc1ccc(Cl)cc1. The average Bonchev–Trinajstić information content (AvgIpc) is 2.21. The highest BCUT2D eigenvalue weighted by atomic mass is 35.5. The first-order valence-electron chi connectivity index (χ1n) is 5.03. The fraction of sp³-hybridized carbons (Fsp3) is 0.273. The van der Waals surface area contributed by atoms with Crippen molar-refractivity contribution >= 4 is 29.2 Å². The summed E-state index contributed by atoms with van der Waals surface area (Å²) in [5, 5.41) is 13.1. The fourth-order valence-electron chi connectivity index (χ4n) is 1.15. The van der Waals surface area contributed by atoms with Gasteiger partial charge in [0, 0.05) is 17.1 Å². The van der Waals surface area contributed by atoms with Gasteiger partial charge >= 0.3 is 6.03 Å². The predicted octanol–water partition coefficient (Wildman–Crippen LogP) is 3.24. The van der Waals surface area contributed by atoms with Crippen LogP contribution < -0.4 is 10.6 Å². The molecule has 2 amide bonds. The Morgan fingerprint density at radius 2 is 2.00 bits per heavy atom. The second-order valence-corrected chi connectivity index (χ2v) is 3.75. The molecule has 4 nitrogen and oxygen atoms in total. The Morgan fingerprint density at radius 1 is 1.38 bits per heavy atom. The van der Waals surface area contributed by atoms with Crippen molar-refractivity contribution in [2.75, 3.05) is 5.32 Å². The van der Waals surface area contributed by atoms with Crippen molar-refractivity contribution in [2.24, 2.45) is 0 Å². The number of hydrogen-bond acceptors (Lipinski definition) is 2. The Kier molecular flexibility index (Phi) is 4.79. The first kappa shape index (κ1) is 12.5. The standard InChI is InChI=1S/C11H14ClN3O/c1-2-3-10(13)15-11(16)14-9-6-4-8(12)5-7-9/h4-7H,2-3H2,1H3,(H3,13,14,15,16). The van der Waals surface area contributed by atoms with Crippen LogP contribution in [0.15, 0.2) is 24.3 Å². The molecule has 0 aliphatic carbocycles. The van der Waals surface area contributed by atoms with E-state index < -0.39 is 6.03 Å². The van der Waals surface area contributed by atoms with Crippen LogP contribution >= 0.6 is 11.6 Å². The molecule has 0 saturated heterocycles. The Labute approximate surface area is 99.5 Å². The number of hydrogen-bond donors (Lipinski definition) is 3. The summed E-state index contributed by atoms with van der Waals surface area (Å²) in [6, 6.07) is 6.38. The summed E-state index contributed by atoms with van der Waals surface area (Å²) in [7, 11) is 0. The van der Waals surface area contributed by atoms with Gasteiger partial charge in [-0.3, -0.25) is 10.7 Å². The molecule has 0 unspecified atom stereocenters. The van der Waals surface area contributed by atoms with Crippen molar-refractivity contribution in [3.63, 3.8) is 0 Å². The molecule has 1 aromatic rings. The maximum atomic E-state index is 11.4. The Bertz CT molecular complexity index is 375. The molecular formula is C11H14ClN3O. The van der Waals surface area contributed by atoms with Crippen molar-refractivity contribution in [1.82, 2.24) is 5.32 Å². The van der Waals surface area contributed by atoms with Crippen LogP contribution in [0.25, 0.3) is 0 Å². The van der Waals surface area contributed by atoms with Crippen LogP contribution in [0, 0.1) is 5.41 Å². The summed E-state index contributed by atoms with van der Waals surface area (Å²) in [6.45, 7) is 1.95. The van der Waals surface area contributed by atoms with Gasteiger partial charge in [0.15, 0.2) is 0 Å². The maximum absolute atomic E-state index is 11.4. The molecule has 0 atom stereocenters. The lowest BCUT2D eigenvalue weighted by molar-refractivity contribution is 0.256. The number of nitrogens with one attached hydrogen (secondary N) is 3. The molecule has 0 aromatic heterocycles.